The van der Waals surface area contributed by atoms with Gasteiger partial charge in [0.2, 0.25) is 0 Å². The van der Waals surface area contributed by atoms with E-state index in [0.29, 0.717) is 18.8 Å². The number of cyclic esters (lactones) is 2. The van der Waals surface area contributed by atoms with E-state index in [-0.39, 0.29) is 11.9 Å². The maximum atomic E-state index is 11.5. The van der Waals surface area contributed by atoms with Crippen LogP contribution in [0, 0.1) is 0 Å². The number of hydrogen-bond acceptors (Lipinski definition) is 4. The highest BCUT2D eigenvalue weighted by Gasteiger charge is 2.23. The van der Waals surface area contributed by atoms with Gasteiger partial charge in [-0.15, -0.1) is 0 Å². The summed E-state index contributed by atoms with van der Waals surface area (Å²) in [5.74, 6) is -0.400. The van der Waals surface area contributed by atoms with Crippen molar-refractivity contribution in [3.8, 4) is 0 Å². The zero-order chi connectivity index (χ0) is 19.1. The molecule has 0 aliphatic carbocycles. The fraction of sp³-hybridized carbons (Fsp3) is 0.0833. The second-order valence-corrected chi connectivity index (χ2v) is 6.79. The molecule has 0 amide bonds. The summed E-state index contributed by atoms with van der Waals surface area (Å²) in [6.45, 7) is 0.828. The Morgan fingerprint density at radius 3 is 2.07 bits per heavy atom. The van der Waals surface area contributed by atoms with Gasteiger partial charge in [-0.3, -0.25) is 0 Å². The average molecular weight is 368 g/mol. The van der Waals surface area contributed by atoms with E-state index >= 15 is 0 Å². The largest absolute Gasteiger partial charge is 0.457 e. The smallest absolute Gasteiger partial charge is 0.339 e. The molecule has 4 nitrogen and oxygen atoms in total. The van der Waals surface area contributed by atoms with Crippen molar-refractivity contribution in [2.75, 3.05) is 0 Å². The molecule has 0 atom stereocenters. The summed E-state index contributed by atoms with van der Waals surface area (Å²) in [4.78, 5) is 22.7. The molecule has 0 fully saturated rings. The van der Waals surface area contributed by atoms with Crippen LogP contribution in [-0.4, -0.2) is 11.9 Å². The predicted molar refractivity (Wildman–Crippen MR) is 106 cm³/mol. The predicted octanol–water partition coefficient (Wildman–Crippen LogP) is 5.02. The van der Waals surface area contributed by atoms with Gasteiger partial charge in [-0.05, 0) is 27.6 Å². The van der Waals surface area contributed by atoms with Crippen molar-refractivity contribution in [1.82, 2.24) is 0 Å². The van der Waals surface area contributed by atoms with E-state index in [9.17, 15) is 9.59 Å². The van der Waals surface area contributed by atoms with E-state index in [2.05, 4.69) is 0 Å². The van der Waals surface area contributed by atoms with Crippen LogP contribution in [0.3, 0.4) is 0 Å². The van der Waals surface area contributed by atoms with Crippen LogP contribution in [-0.2, 0) is 22.7 Å². The van der Waals surface area contributed by atoms with E-state index in [1.807, 2.05) is 72.8 Å². The van der Waals surface area contributed by atoms with Crippen LogP contribution in [0.15, 0.2) is 72.8 Å². The molecule has 2 heterocycles. The first-order chi connectivity index (χ1) is 13.7. The Labute approximate surface area is 161 Å². The molecule has 6 rings (SSSR count). The van der Waals surface area contributed by atoms with Gasteiger partial charge >= 0.3 is 11.9 Å². The number of carbonyl (C=O) groups is 2. The van der Waals surface area contributed by atoms with E-state index < -0.39 is 0 Å². The summed E-state index contributed by atoms with van der Waals surface area (Å²) >= 11 is 0. The number of ether oxygens (including phenoxy) is 2. The number of carbonyl (C=O) groups excluding carboxylic acids is 2. The standard InChI is InChI=1S/2C12H8O2/c13-12-11-9(7-14-12)6-5-8-3-1-2-4-10(8)11;13-12-10-6-5-8-3-1-2-4-9(8)11(10)7-14-12/h2*1-6H,7H2. The highest BCUT2D eigenvalue weighted by atomic mass is 16.5. The fourth-order valence-electron chi connectivity index (χ4n) is 3.79. The van der Waals surface area contributed by atoms with Gasteiger partial charge < -0.3 is 9.47 Å². The lowest BCUT2D eigenvalue weighted by atomic mass is 10.0. The molecule has 0 saturated heterocycles. The Balaban J connectivity index is 0.000000122. The second-order valence-electron chi connectivity index (χ2n) is 6.79. The van der Waals surface area contributed by atoms with E-state index in [0.717, 1.165) is 38.2 Å². The molecule has 4 aromatic carbocycles. The number of fused-ring (bicyclic) bond motifs is 6. The fourth-order valence-corrected chi connectivity index (χ4v) is 3.79. The van der Waals surface area contributed by atoms with Crippen molar-refractivity contribution in [1.29, 1.82) is 0 Å². The minimum Gasteiger partial charge on any atom is -0.457 e. The zero-order valence-corrected chi connectivity index (χ0v) is 15.0. The second kappa shape index (κ2) is 6.50. The molecular formula is C24H16O4. The molecule has 28 heavy (non-hydrogen) atoms. The molecule has 0 unspecified atom stereocenters. The number of hydrogen-bond donors (Lipinski definition) is 0. The maximum Gasteiger partial charge on any atom is 0.339 e. The van der Waals surface area contributed by atoms with Crippen LogP contribution in [0.5, 0.6) is 0 Å². The Hall–Kier alpha value is -3.66. The summed E-state index contributed by atoms with van der Waals surface area (Å²) in [6, 6.07) is 23.7. The Bertz CT molecular complexity index is 1260. The quantitative estimate of drug-likeness (QED) is 0.409. The molecular weight excluding hydrogens is 352 g/mol. The van der Waals surface area contributed by atoms with E-state index in [1.165, 1.54) is 0 Å². The lowest BCUT2D eigenvalue weighted by molar-refractivity contribution is 0.0527. The van der Waals surface area contributed by atoms with Gasteiger partial charge in [-0.25, -0.2) is 9.59 Å². The first kappa shape index (κ1) is 16.5. The Kier molecular flexibility index (Phi) is 3.83. The third-order valence-electron chi connectivity index (χ3n) is 5.19. The normalized spacial score (nSPS) is 14.1. The average Bonchev–Trinajstić information content (AvgIpc) is 3.32. The van der Waals surface area contributed by atoms with Gasteiger partial charge in [-0.1, -0.05) is 66.7 Å². The number of benzene rings is 4. The van der Waals surface area contributed by atoms with Gasteiger partial charge in [0.25, 0.3) is 0 Å². The summed E-state index contributed by atoms with van der Waals surface area (Å²) < 4.78 is 9.98. The molecule has 2 aliphatic rings. The summed E-state index contributed by atoms with van der Waals surface area (Å²) in [5, 5.41) is 4.36. The third kappa shape index (κ3) is 2.62. The van der Waals surface area contributed by atoms with Gasteiger partial charge in [-0.2, -0.15) is 0 Å². The van der Waals surface area contributed by atoms with Gasteiger partial charge in [0.15, 0.2) is 0 Å². The number of rotatable bonds is 0. The lowest BCUT2D eigenvalue weighted by Gasteiger charge is -2.00. The first-order valence-electron chi connectivity index (χ1n) is 9.08. The molecule has 0 N–H and O–H groups in total. The maximum absolute atomic E-state index is 11.5. The highest BCUT2D eigenvalue weighted by Crippen LogP contribution is 2.29. The molecule has 2 aliphatic heterocycles. The van der Waals surface area contributed by atoms with Crippen LogP contribution in [0.25, 0.3) is 21.5 Å². The van der Waals surface area contributed by atoms with Crippen molar-refractivity contribution >= 4 is 33.5 Å². The summed E-state index contributed by atoms with van der Waals surface area (Å²) in [7, 11) is 0. The van der Waals surface area contributed by atoms with Crippen LogP contribution >= 0.6 is 0 Å². The lowest BCUT2D eigenvalue weighted by Crippen LogP contribution is -1.94. The molecule has 0 bridgehead atoms. The molecule has 0 saturated carbocycles. The summed E-state index contributed by atoms with van der Waals surface area (Å²) in [5.41, 5.74) is 3.47. The SMILES string of the molecule is O=C1OCc2c1ccc1ccccc21.O=C1OCc2ccc3ccccc3c21. The zero-order valence-electron chi connectivity index (χ0n) is 15.0. The van der Waals surface area contributed by atoms with Crippen LogP contribution in [0.2, 0.25) is 0 Å². The minimum atomic E-state index is -0.203. The molecule has 0 spiro atoms. The van der Waals surface area contributed by atoms with Gasteiger partial charge in [0.05, 0.1) is 11.1 Å². The highest BCUT2D eigenvalue weighted by molar-refractivity contribution is 6.07. The Morgan fingerprint density at radius 1 is 0.607 bits per heavy atom. The molecule has 0 aromatic heterocycles. The molecule has 0 radical (unpaired) electrons. The van der Waals surface area contributed by atoms with Crippen molar-refractivity contribution in [2.24, 2.45) is 0 Å². The summed E-state index contributed by atoms with van der Waals surface area (Å²) in [6.07, 6.45) is 0. The van der Waals surface area contributed by atoms with Crippen LogP contribution in [0.4, 0.5) is 0 Å². The molecule has 136 valence electrons. The van der Waals surface area contributed by atoms with E-state index in [1.54, 1.807) is 0 Å². The van der Waals surface area contributed by atoms with Gasteiger partial charge in [0, 0.05) is 11.1 Å². The first-order valence-corrected chi connectivity index (χ1v) is 9.08. The third-order valence-corrected chi connectivity index (χ3v) is 5.19. The molecule has 4 heteroatoms. The minimum absolute atomic E-state index is 0.197. The van der Waals surface area contributed by atoms with Crippen molar-refractivity contribution in [2.45, 2.75) is 13.2 Å². The van der Waals surface area contributed by atoms with Crippen molar-refractivity contribution < 1.29 is 19.1 Å². The topological polar surface area (TPSA) is 52.6 Å². The van der Waals surface area contributed by atoms with E-state index in [4.69, 9.17) is 9.47 Å². The number of esters is 2. The van der Waals surface area contributed by atoms with Crippen LogP contribution < -0.4 is 0 Å². The van der Waals surface area contributed by atoms with Gasteiger partial charge in [0.1, 0.15) is 13.2 Å². The van der Waals surface area contributed by atoms with Crippen molar-refractivity contribution in [3.63, 3.8) is 0 Å². The monoisotopic (exact) mass is 368 g/mol. The van der Waals surface area contributed by atoms with Crippen LogP contribution in [0.1, 0.15) is 31.8 Å². The van der Waals surface area contributed by atoms with Crippen molar-refractivity contribution in [3.05, 3.63) is 95.1 Å². The molecule has 4 aromatic rings. The Morgan fingerprint density at radius 2 is 1.25 bits per heavy atom.